The first-order chi connectivity index (χ1) is 13.7. The van der Waals surface area contributed by atoms with Gasteiger partial charge in [0.15, 0.2) is 6.29 Å². The summed E-state index contributed by atoms with van der Waals surface area (Å²) in [5.41, 5.74) is 0.796. The molecule has 0 aliphatic heterocycles. The number of carbonyl (C=O) groups is 3. The summed E-state index contributed by atoms with van der Waals surface area (Å²) in [5, 5.41) is 0. The predicted molar refractivity (Wildman–Crippen MR) is 107 cm³/mol. The third-order valence-corrected chi connectivity index (χ3v) is 4.31. The Kier molecular flexibility index (Phi) is 8.92. The fraction of sp³-hybridized carbons (Fsp3) is 0.348. The quantitative estimate of drug-likeness (QED) is 0.230. The van der Waals surface area contributed by atoms with Crippen molar-refractivity contribution in [2.75, 3.05) is 6.61 Å². The van der Waals surface area contributed by atoms with Crippen LogP contribution in [0.4, 0.5) is 0 Å². The fourth-order valence-electron chi connectivity index (χ4n) is 2.73. The van der Waals surface area contributed by atoms with E-state index in [1.54, 1.807) is 42.5 Å². The second kappa shape index (κ2) is 11.7. The molecule has 2 rings (SSSR count). The highest BCUT2D eigenvalue weighted by molar-refractivity contribution is 5.96. The summed E-state index contributed by atoms with van der Waals surface area (Å²) in [6, 6.07) is 12.6. The molecule has 148 valence electrons. The van der Waals surface area contributed by atoms with Crippen molar-refractivity contribution in [3.63, 3.8) is 0 Å². The number of hydrogen-bond acceptors (Lipinski definition) is 5. The number of hydrogen-bond donors (Lipinski definition) is 0. The first-order valence-corrected chi connectivity index (χ1v) is 9.69. The largest absolute Gasteiger partial charge is 0.462 e. The molecule has 2 aromatic carbocycles. The lowest BCUT2D eigenvalue weighted by Crippen LogP contribution is -2.12. The molecule has 0 saturated carbocycles. The van der Waals surface area contributed by atoms with Gasteiger partial charge in [0.1, 0.15) is 5.75 Å². The zero-order valence-electron chi connectivity index (χ0n) is 16.2. The zero-order valence-corrected chi connectivity index (χ0v) is 16.2. The highest BCUT2D eigenvalue weighted by atomic mass is 16.5. The monoisotopic (exact) mass is 382 g/mol. The molecule has 0 fully saturated rings. The molecule has 0 aliphatic rings. The minimum atomic E-state index is -0.639. The Bertz CT molecular complexity index is 797. The van der Waals surface area contributed by atoms with E-state index in [1.807, 2.05) is 0 Å². The number of aldehydes is 1. The summed E-state index contributed by atoms with van der Waals surface area (Å²) in [6.07, 6.45) is 7.29. The Morgan fingerprint density at radius 1 is 0.857 bits per heavy atom. The van der Waals surface area contributed by atoms with Crippen molar-refractivity contribution in [1.29, 1.82) is 0 Å². The minimum absolute atomic E-state index is 0.179. The van der Waals surface area contributed by atoms with Crippen LogP contribution in [0.1, 0.15) is 76.5 Å². The van der Waals surface area contributed by atoms with Crippen LogP contribution >= 0.6 is 0 Å². The number of carbonyl (C=O) groups excluding carboxylic acids is 3. The van der Waals surface area contributed by atoms with Crippen LogP contribution in [0.25, 0.3) is 0 Å². The van der Waals surface area contributed by atoms with Crippen LogP contribution in [0.15, 0.2) is 48.5 Å². The van der Waals surface area contributed by atoms with Gasteiger partial charge < -0.3 is 9.47 Å². The van der Waals surface area contributed by atoms with Crippen LogP contribution in [0.5, 0.6) is 5.75 Å². The van der Waals surface area contributed by atoms with Gasteiger partial charge in [0, 0.05) is 0 Å². The Morgan fingerprint density at radius 2 is 1.54 bits per heavy atom. The van der Waals surface area contributed by atoms with Gasteiger partial charge in [-0.2, -0.15) is 0 Å². The number of unbranched alkanes of at least 4 members (excludes halogenated alkanes) is 5. The van der Waals surface area contributed by atoms with Gasteiger partial charge >= 0.3 is 11.9 Å². The summed E-state index contributed by atoms with van der Waals surface area (Å²) in [7, 11) is 0. The lowest BCUT2D eigenvalue weighted by atomic mass is 10.1. The number of esters is 2. The Balaban J connectivity index is 1.89. The van der Waals surface area contributed by atoms with E-state index in [9.17, 15) is 14.4 Å². The Morgan fingerprint density at radius 3 is 2.29 bits per heavy atom. The molecule has 0 saturated heterocycles. The van der Waals surface area contributed by atoms with Gasteiger partial charge in [-0.3, -0.25) is 4.79 Å². The lowest BCUT2D eigenvalue weighted by molar-refractivity contribution is 0.0497. The highest BCUT2D eigenvalue weighted by Crippen LogP contribution is 2.18. The molecule has 0 unspecified atom stereocenters. The van der Waals surface area contributed by atoms with Crippen molar-refractivity contribution in [2.45, 2.75) is 45.4 Å². The summed E-state index contributed by atoms with van der Waals surface area (Å²) >= 11 is 0. The molecular formula is C23H26O5. The van der Waals surface area contributed by atoms with Gasteiger partial charge in [-0.25, -0.2) is 9.59 Å². The Labute approximate surface area is 165 Å². The average molecular weight is 382 g/mol. The molecule has 2 aromatic rings. The van der Waals surface area contributed by atoms with E-state index in [1.165, 1.54) is 25.3 Å². The summed E-state index contributed by atoms with van der Waals surface area (Å²) < 4.78 is 10.6. The molecule has 0 N–H and O–H groups in total. The topological polar surface area (TPSA) is 69.7 Å². The molecule has 0 aliphatic carbocycles. The number of rotatable bonds is 11. The molecule has 5 nitrogen and oxygen atoms in total. The van der Waals surface area contributed by atoms with Crippen molar-refractivity contribution in [1.82, 2.24) is 0 Å². The molecular weight excluding hydrogens is 356 g/mol. The van der Waals surface area contributed by atoms with Crippen molar-refractivity contribution < 1.29 is 23.9 Å². The number of ether oxygens (including phenoxy) is 2. The van der Waals surface area contributed by atoms with Crippen LogP contribution in [-0.2, 0) is 4.74 Å². The molecule has 0 radical (unpaired) electrons. The van der Waals surface area contributed by atoms with Gasteiger partial charge in [0.2, 0.25) is 0 Å². The third kappa shape index (κ3) is 6.65. The van der Waals surface area contributed by atoms with E-state index in [4.69, 9.17) is 9.47 Å². The normalized spacial score (nSPS) is 10.3. The van der Waals surface area contributed by atoms with E-state index in [0.717, 1.165) is 19.3 Å². The van der Waals surface area contributed by atoms with Crippen LogP contribution in [-0.4, -0.2) is 24.8 Å². The van der Waals surface area contributed by atoms with Gasteiger partial charge in [-0.15, -0.1) is 0 Å². The first kappa shape index (κ1) is 21.4. The second-order valence-corrected chi connectivity index (χ2v) is 6.53. The molecule has 28 heavy (non-hydrogen) atoms. The molecule has 0 spiro atoms. The van der Waals surface area contributed by atoms with Crippen LogP contribution in [0, 0.1) is 0 Å². The highest BCUT2D eigenvalue weighted by Gasteiger charge is 2.14. The number of para-hydroxylation sites is 1. The standard InChI is InChI=1S/C23H26O5/c1-2-3-4-5-6-9-15-27-22(25)18-12-10-13-19(16-18)23(26)28-21-14-8-7-11-20(21)17-24/h7-8,10-14,16-17H,2-6,9,15H2,1H3. The van der Waals surface area contributed by atoms with Crippen molar-refractivity contribution in [3.8, 4) is 5.75 Å². The maximum Gasteiger partial charge on any atom is 0.343 e. The maximum absolute atomic E-state index is 12.4. The zero-order chi connectivity index (χ0) is 20.2. The molecule has 0 atom stereocenters. The van der Waals surface area contributed by atoms with E-state index in [2.05, 4.69) is 6.92 Å². The van der Waals surface area contributed by atoms with E-state index in [0.29, 0.717) is 18.5 Å². The third-order valence-electron chi connectivity index (χ3n) is 4.31. The van der Waals surface area contributed by atoms with Gasteiger partial charge in [0.25, 0.3) is 0 Å². The fourth-order valence-corrected chi connectivity index (χ4v) is 2.73. The van der Waals surface area contributed by atoms with Crippen molar-refractivity contribution in [2.24, 2.45) is 0 Å². The van der Waals surface area contributed by atoms with Gasteiger partial charge in [-0.1, -0.05) is 57.2 Å². The summed E-state index contributed by atoms with van der Waals surface area (Å²) in [4.78, 5) is 35.6. The Hall–Kier alpha value is -2.95. The van der Waals surface area contributed by atoms with Crippen LogP contribution in [0.3, 0.4) is 0 Å². The van der Waals surface area contributed by atoms with E-state index < -0.39 is 11.9 Å². The average Bonchev–Trinajstić information content (AvgIpc) is 2.73. The lowest BCUT2D eigenvalue weighted by Gasteiger charge is -2.08. The van der Waals surface area contributed by atoms with Crippen molar-refractivity contribution >= 4 is 18.2 Å². The minimum Gasteiger partial charge on any atom is -0.462 e. The molecule has 0 amide bonds. The van der Waals surface area contributed by atoms with Gasteiger partial charge in [0.05, 0.1) is 23.3 Å². The molecule has 0 aromatic heterocycles. The predicted octanol–water partition coefficient (Wildman–Crippen LogP) is 5.24. The maximum atomic E-state index is 12.4. The second-order valence-electron chi connectivity index (χ2n) is 6.53. The number of benzene rings is 2. The summed E-state index contributed by atoms with van der Waals surface area (Å²) in [5.74, 6) is -0.921. The molecule has 0 heterocycles. The van der Waals surface area contributed by atoms with Gasteiger partial charge in [-0.05, 0) is 36.8 Å². The molecule has 5 heteroatoms. The molecule has 0 bridgehead atoms. The SMILES string of the molecule is CCCCCCCCOC(=O)c1cccc(C(=O)Oc2ccccc2C=O)c1. The van der Waals surface area contributed by atoms with Crippen LogP contribution < -0.4 is 4.74 Å². The van der Waals surface area contributed by atoms with Crippen LogP contribution in [0.2, 0.25) is 0 Å². The van der Waals surface area contributed by atoms with Crippen molar-refractivity contribution in [3.05, 3.63) is 65.2 Å². The summed E-state index contributed by atoms with van der Waals surface area (Å²) in [6.45, 7) is 2.54. The first-order valence-electron chi connectivity index (χ1n) is 9.69. The van der Waals surface area contributed by atoms with E-state index >= 15 is 0 Å². The smallest absolute Gasteiger partial charge is 0.343 e. The van der Waals surface area contributed by atoms with E-state index in [-0.39, 0.29) is 16.9 Å².